The molecular weight excluding hydrogens is 398 g/mol. The van der Waals surface area contributed by atoms with Crippen LogP contribution in [-0.4, -0.2) is 28.3 Å². The number of amides is 2. The van der Waals surface area contributed by atoms with Gasteiger partial charge in [0, 0.05) is 34.5 Å². The average Bonchev–Trinajstić information content (AvgIpc) is 2.96. The summed E-state index contributed by atoms with van der Waals surface area (Å²) in [6.07, 6.45) is 0.177. The minimum absolute atomic E-state index is 0.0606. The lowest BCUT2D eigenvalue weighted by Crippen LogP contribution is -2.37. The topological polar surface area (TPSA) is 87.2 Å². The molecule has 1 aromatic carbocycles. The SMILES string of the molecule is Cc1cc(C)nc(NNC(=O)[C@H]2CC(=O)N(c3ccc(Br)c(C)c3)C2)n1. The van der Waals surface area contributed by atoms with Crippen molar-refractivity contribution in [3.8, 4) is 0 Å². The second-order valence-electron chi connectivity index (χ2n) is 6.43. The Bertz CT molecular complexity index is 850. The van der Waals surface area contributed by atoms with Crippen molar-refractivity contribution >= 4 is 39.4 Å². The van der Waals surface area contributed by atoms with Gasteiger partial charge in [0.15, 0.2) is 0 Å². The number of nitrogens with zero attached hydrogens (tertiary/aromatic N) is 3. The lowest BCUT2D eigenvalue weighted by atomic mass is 10.1. The minimum atomic E-state index is -0.426. The Kier molecular flexibility index (Phi) is 5.22. The fourth-order valence-electron chi connectivity index (χ4n) is 2.93. The first kappa shape index (κ1) is 18.3. The summed E-state index contributed by atoms with van der Waals surface area (Å²) in [5.74, 6) is -0.405. The van der Waals surface area contributed by atoms with Crippen molar-refractivity contribution in [2.45, 2.75) is 27.2 Å². The Morgan fingerprint density at radius 3 is 2.54 bits per heavy atom. The molecule has 0 aliphatic carbocycles. The van der Waals surface area contributed by atoms with Crippen LogP contribution in [0.5, 0.6) is 0 Å². The molecule has 0 radical (unpaired) electrons. The summed E-state index contributed by atoms with van der Waals surface area (Å²) in [5, 5.41) is 0. The number of benzene rings is 1. The maximum Gasteiger partial charge on any atom is 0.243 e. The maximum absolute atomic E-state index is 12.4. The van der Waals surface area contributed by atoms with Crippen molar-refractivity contribution in [2.24, 2.45) is 5.92 Å². The maximum atomic E-state index is 12.4. The number of rotatable bonds is 4. The molecular formula is C18H20BrN5O2. The van der Waals surface area contributed by atoms with E-state index in [9.17, 15) is 9.59 Å². The summed E-state index contributed by atoms with van der Waals surface area (Å²) in [6, 6.07) is 7.56. The van der Waals surface area contributed by atoms with E-state index in [1.54, 1.807) is 4.90 Å². The Morgan fingerprint density at radius 2 is 1.88 bits per heavy atom. The van der Waals surface area contributed by atoms with Crippen LogP contribution >= 0.6 is 15.9 Å². The van der Waals surface area contributed by atoms with Crippen LogP contribution < -0.4 is 15.8 Å². The van der Waals surface area contributed by atoms with Gasteiger partial charge in [0.1, 0.15) is 0 Å². The van der Waals surface area contributed by atoms with Gasteiger partial charge in [-0.05, 0) is 50.6 Å². The zero-order chi connectivity index (χ0) is 18.8. The quantitative estimate of drug-likeness (QED) is 0.746. The molecule has 8 heteroatoms. The monoisotopic (exact) mass is 417 g/mol. The number of hydrogen-bond acceptors (Lipinski definition) is 5. The molecule has 2 N–H and O–H groups in total. The Hall–Kier alpha value is -2.48. The number of carbonyl (C=O) groups excluding carboxylic acids is 2. The number of halogens is 1. The molecule has 0 saturated carbocycles. The van der Waals surface area contributed by atoms with Crippen LogP contribution in [0.3, 0.4) is 0 Å². The first-order valence-corrected chi connectivity index (χ1v) is 9.07. The first-order chi connectivity index (χ1) is 12.3. The molecule has 1 aliphatic heterocycles. The highest BCUT2D eigenvalue weighted by molar-refractivity contribution is 9.10. The molecule has 136 valence electrons. The zero-order valence-electron chi connectivity index (χ0n) is 14.8. The molecule has 7 nitrogen and oxygen atoms in total. The fourth-order valence-corrected chi connectivity index (χ4v) is 3.18. The van der Waals surface area contributed by atoms with E-state index >= 15 is 0 Å². The Labute approximate surface area is 160 Å². The van der Waals surface area contributed by atoms with Gasteiger partial charge in [-0.15, -0.1) is 0 Å². The standard InChI is InChI=1S/C18H20BrN5O2/c1-10-6-14(4-5-15(10)19)24-9-13(8-16(24)25)17(26)22-23-18-20-11(2)7-12(3)21-18/h4-7,13H,8-9H2,1-3H3,(H,22,26)(H,20,21,23)/t13-/m0/s1. The summed E-state index contributed by atoms with van der Waals surface area (Å²) < 4.78 is 0.986. The second-order valence-corrected chi connectivity index (χ2v) is 7.28. The normalized spacial score (nSPS) is 16.7. The molecule has 1 saturated heterocycles. The highest BCUT2D eigenvalue weighted by atomic mass is 79.9. The van der Waals surface area contributed by atoms with Gasteiger partial charge in [0.05, 0.1) is 5.92 Å². The highest BCUT2D eigenvalue weighted by Crippen LogP contribution is 2.28. The van der Waals surface area contributed by atoms with Gasteiger partial charge in [-0.25, -0.2) is 9.97 Å². The number of carbonyl (C=O) groups is 2. The van der Waals surface area contributed by atoms with Crippen molar-refractivity contribution in [2.75, 3.05) is 16.9 Å². The van der Waals surface area contributed by atoms with Gasteiger partial charge in [0.2, 0.25) is 17.8 Å². The van der Waals surface area contributed by atoms with E-state index in [1.165, 1.54) is 0 Å². The van der Waals surface area contributed by atoms with E-state index < -0.39 is 5.92 Å². The number of hydrogen-bond donors (Lipinski definition) is 2. The minimum Gasteiger partial charge on any atom is -0.312 e. The van der Waals surface area contributed by atoms with Crippen molar-refractivity contribution in [1.29, 1.82) is 0 Å². The third-order valence-corrected chi connectivity index (χ3v) is 5.12. The third-order valence-electron chi connectivity index (χ3n) is 4.23. The molecule has 1 atom stereocenters. The van der Waals surface area contributed by atoms with Crippen molar-refractivity contribution in [3.63, 3.8) is 0 Å². The first-order valence-electron chi connectivity index (χ1n) is 8.28. The average molecular weight is 418 g/mol. The van der Waals surface area contributed by atoms with Gasteiger partial charge >= 0.3 is 0 Å². The van der Waals surface area contributed by atoms with Gasteiger partial charge < -0.3 is 4.90 Å². The summed E-state index contributed by atoms with van der Waals surface area (Å²) >= 11 is 3.45. The molecule has 26 heavy (non-hydrogen) atoms. The third kappa shape index (κ3) is 4.01. The molecule has 0 spiro atoms. The number of aryl methyl sites for hydroxylation is 3. The molecule has 1 aliphatic rings. The van der Waals surface area contributed by atoms with E-state index in [4.69, 9.17) is 0 Å². The van der Waals surface area contributed by atoms with Crippen molar-refractivity contribution < 1.29 is 9.59 Å². The molecule has 1 aromatic heterocycles. The predicted molar refractivity (Wildman–Crippen MR) is 103 cm³/mol. The summed E-state index contributed by atoms with van der Waals surface area (Å²) in [4.78, 5) is 34.8. The molecule has 0 bridgehead atoms. The molecule has 2 amide bonds. The van der Waals surface area contributed by atoms with E-state index in [2.05, 4.69) is 36.7 Å². The van der Waals surface area contributed by atoms with Crippen molar-refractivity contribution in [1.82, 2.24) is 15.4 Å². The van der Waals surface area contributed by atoms with Gasteiger partial charge in [-0.1, -0.05) is 15.9 Å². The van der Waals surface area contributed by atoms with Gasteiger partial charge in [-0.2, -0.15) is 0 Å². The predicted octanol–water partition coefficient (Wildman–Crippen LogP) is 2.66. The summed E-state index contributed by atoms with van der Waals surface area (Å²) in [5.41, 5.74) is 8.80. The Morgan fingerprint density at radius 1 is 1.19 bits per heavy atom. The summed E-state index contributed by atoms with van der Waals surface area (Å²) in [6.45, 7) is 6.03. The lowest BCUT2D eigenvalue weighted by Gasteiger charge is -2.18. The van der Waals surface area contributed by atoms with E-state index in [0.717, 1.165) is 27.1 Å². The van der Waals surface area contributed by atoms with Crippen LogP contribution in [0.1, 0.15) is 23.4 Å². The highest BCUT2D eigenvalue weighted by Gasteiger charge is 2.35. The molecule has 0 unspecified atom stereocenters. The van der Waals surface area contributed by atoms with Crippen LogP contribution in [0.4, 0.5) is 11.6 Å². The number of hydrazine groups is 1. The largest absolute Gasteiger partial charge is 0.312 e. The molecule has 1 fully saturated rings. The second kappa shape index (κ2) is 7.41. The smallest absolute Gasteiger partial charge is 0.243 e. The van der Waals surface area contributed by atoms with Crippen LogP contribution in [0.25, 0.3) is 0 Å². The van der Waals surface area contributed by atoms with Gasteiger partial charge in [-0.3, -0.25) is 20.4 Å². The van der Waals surface area contributed by atoms with E-state index in [1.807, 2.05) is 45.0 Å². The van der Waals surface area contributed by atoms with Crippen LogP contribution in [0, 0.1) is 26.7 Å². The van der Waals surface area contributed by atoms with E-state index in [-0.39, 0.29) is 18.2 Å². The Balaban J connectivity index is 1.64. The van der Waals surface area contributed by atoms with Crippen molar-refractivity contribution in [3.05, 3.63) is 45.7 Å². The number of nitrogens with one attached hydrogen (secondary N) is 2. The molecule has 2 heterocycles. The number of anilines is 2. The van der Waals surface area contributed by atoms with Crippen LogP contribution in [0.2, 0.25) is 0 Å². The zero-order valence-corrected chi connectivity index (χ0v) is 16.4. The van der Waals surface area contributed by atoms with Gasteiger partial charge in [0.25, 0.3) is 0 Å². The summed E-state index contributed by atoms with van der Waals surface area (Å²) in [7, 11) is 0. The number of aromatic nitrogens is 2. The van der Waals surface area contributed by atoms with E-state index in [0.29, 0.717) is 12.5 Å². The molecule has 3 rings (SSSR count). The van der Waals surface area contributed by atoms with Crippen LogP contribution in [-0.2, 0) is 9.59 Å². The van der Waals surface area contributed by atoms with Crippen LogP contribution in [0.15, 0.2) is 28.7 Å². The lowest BCUT2D eigenvalue weighted by molar-refractivity contribution is -0.125. The molecule has 2 aromatic rings. The fraction of sp³-hybridized carbons (Fsp3) is 0.333.